The van der Waals surface area contributed by atoms with Crippen LogP contribution in [-0.2, 0) is 39.8 Å². The van der Waals surface area contributed by atoms with Crippen LogP contribution in [0.3, 0.4) is 0 Å². The number of aliphatic carboxylic acids is 1. The van der Waals surface area contributed by atoms with Crippen LogP contribution in [0.4, 0.5) is 0 Å². The van der Waals surface area contributed by atoms with Crippen molar-refractivity contribution in [1.29, 1.82) is 0 Å². The van der Waals surface area contributed by atoms with Crippen molar-refractivity contribution in [3.63, 3.8) is 0 Å². The molecule has 12 nitrogen and oxygen atoms in total. The van der Waals surface area contributed by atoms with E-state index in [1.54, 1.807) is 30.3 Å². The molecule has 3 N–H and O–H groups in total. The van der Waals surface area contributed by atoms with E-state index >= 15 is 0 Å². The van der Waals surface area contributed by atoms with Crippen molar-refractivity contribution in [2.45, 2.75) is 64.4 Å². The molecule has 40 heavy (non-hydrogen) atoms. The molecule has 0 amide bonds. The third-order valence-corrected chi connectivity index (χ3v) is 5.97. The van der Waals surface area contributed by atoms with Gasteiger partial charge in [0.25, 0.3) is 0 Å². The number of fused-ring (bicyclic) bond motifs is 1. The third-order valence-electron chi connectivity index (χ3n) is 5.74. The summed E-state index contributed by atoms with van der Waals surface area (Å²) in [6.45, 7) is 2.92. The van der Waals surface area contributed by atoms with Gasteiger partial charge in [-0.1, -0.05) is 43.6 Å². The van der Waals surface area contributed by atoms with E-state index in [9.17, 15) is 29.4 Å². The average molecular weight is 580 g/mol. The minimum absolute atomic E-state index is 0.0457. The number of carboxylic acids is 1. The number of carbonyl (C=O) groups excluding carboxylic acids is 3. The van der Waals surface area contributed by atoms with E-state index in [0.29, 0.717) is 22.6 Å². The number of aliphatic hydroxyl groups is 1. The number of carbonyl (C=O) groups is 4. The lowest BCUT2D eigenvalue weighted by molar-refractivity contribution is -0.269. The molecule has 0 fully saturated rings. The second kappa shape index (κ2) is 13.5. The van der Waals surface area contributed by atoms with E-state index in [4.69, 9.17) is 35.3 Å². The third kappa shape index (κ3) is 7.62. The average Bonchev–Trinajstić information content (AvgIpc) is 3.32. The zero-order valence-corrected chi connectivity index (χ0v) is 22.8. The Bertz CT molecular complexity index is 1230. The van der Waals surface area contributed by atoms with E-state index in [1.165, 1.54) is 26.0 Å². The van der Waals surface area contributed by atoms with Crippen molar-refractivity contribution in [2.24, 2.45) is 0 Å². The first kappa shape index (κ1) is 30.7. The van der Waals surface area contributed by atoms with Gasteiger partial charge in [-0.05, 0) is 48.7 Å². The van der Waals surface area contributed by atoms with Crippen molar-refractivity contribution in [3.05, 3.63) is 58.6 Å². The minimum atomic E-state index is -2.97. The summed E-state index contributed by atoms with van der Waals surface area (Å²) in [5.41, 5.74) is 1.38. The summed E-state index contributed by atoms with van der Waals surface area (Å²) in [6, 6.07) is 11.4. The molecule has 1 aliphatic rings. The number of aliphatic hydroxyl groups excluding tert-OH is 1. The highest BCUT2D eigenvalue weighted by Crippen LogP contribution is 2.41. The Labute approximate surface area is 235 Å². The van der Waals surface area contributed by atoms with Crippen molar-refractivity contribution in [3.8, 4) is 11.5 Å². The molecule has 3 unspecified atom stereocenters. The number of ether oxygens (including phenoxy) is 5. The van der Waals surface area contributed by atoms with Crippen molar-refractivity contribution >= 4 is 35.5 Å². The largest absolute Gasteiger partial charge is 0.475 e. The SMILES string of the molecule is CCC(=O)OC(OC(=O)CC)OC(=O)C1(C(=O)O)Oc2ccc(CC(C)NCC(O)c3cccc(Cl)c3)cc2O1. The Morgan fingerprint density at radius 3 is 2.23 bits per heavy atom. The summed E-state index contributed by atoms with van der Waals surface area (Å²) in [5.74, 6) is -8.25. The van der Waals surface area contributed by atoms with Gasteiger partial charge in [-0.2, -0.15) is 0 Å². The molecule has 0 aromatic heterocycles. The molecule has 0 radical (unpaired) electrons. The quantitative estimate of drug-likeness (QED) is 0.181. The minimum Gasteiger partial charge on any atom is -0.475 e. The molecule has 0 bridgehead atoms. The van der Waals surface area contributed by atoms with Crippen LogP contribution in [0, 0.1) is 0 Å². The summed E-state index contributed by atoms with van der Waals surface area (Å²) < 4.78 is 25.2. The van der Waals surface area contributed by atoms with E-state index in [-0.39, 0.29) is 36.9 Å². The molecule has 13 heteroatoms. The Kier molecular flexibility index (Phi) is 10.3. The maximum absolute atomic E-state index is 12.9. The number of carboxylic acid groups (broad SMARTS) is 1. The van der Waals surface area contributed by atoms with Crippen LogP contribution in [0.2, 0.25) is 5.02 Å². The summed E-state index contributed by atoms with van der Waals surface area (Å²) in [5, 5.41) is 24.0. The maximum atomic E-state index is 12.9. The smallest absolute Gasteiger partial charge is 0.453 e. The summed E-state index contributed by atoms with van der Waals surface area (Å²) in [4.78, 5) is 48.4. The van der Waals surface area contributed by atoms with Crippen LogP contribution in [0.1, 0.15) is 50.8 Å². The molecule has 1 heterocycles. The van der Waals surface area contributed by atoms with Crippen LogP contribution >= 0.6 is 11.6 Å². The van der Waals surface area contributed by atoms with Gasteiger partial charge in [0.15, 0.2) is 11.5 Å². The fourth-order valence-corrected chi connectivity index (χ4v) is 3.82. The van der Waals surface area contributed by atoms with E-state index in [0.717, 1.165) is 0 Å². The molecule has 0 spiro atoms. The molecule has 3 rings (SSSR count). The number of hydrogen-bond acceptors (Lipinski definition) is 11. The van der Waals surface area contributed by atoms with Gasteiger partial charge in [0.05, 0.1) is 6.10 Å². The molecule has 2 aromatic carbocycles. The number of nitrogens with one attached hydrogen (secondary N) is 1. The topological polar surface area (TPSA) is 167 Å². The van der Waals surface area contributed by atoms with Crippen LogP contribution in [-0.4, -0.2) is 58.9 Å². The fraction of sp³-hybridized carbons (Fsp3) is 0.407. The van der Waals surface area contributed by atoms with Crippen LogP contribution in [0.5, 0.6) is 11.5 Å². The van der Waals surface area contributed by atoms with Gasteiger partial charge in [0.2, 0.25) is 0 Å². The van der Waals surface area contributed by atoms with Gasteiger partial charge < -0.3 is 39.2 Å². The summed E-state index contributed by atoms with van der Waals surface area (Å²) in [7, 11) is 0. The van der Waals surface area contributed by atoms with Gasteiger partial charge in [-0.15, -0.1) is 0 Å². The monoisotopic (exact) mass is 579 g/mol. The Morgan fingerprint density at radius 2 is 1.62 bits per heavy atom. The number of rotatable bonds is 13. The van der Waals surface area contributed by atoms with Gasteiger partial charge in [0.1, 0.15) is 0 Å². The summed E-state index contributed by atoms with van der Waals surface area (Å²) in [6.07, 6.45) is -0.589. The fourth-order valence-electron chi connectivity index (χ4n) is 3.62. The Hall–Kier alpha value is -3.87. The highest BCUT2D eigenvalue weighted by atomic mass is 35.5. The molecule has 0 aliphatic carbocycles. The normalized spacial score (nSPS) is 17.1. The van der Waals surface area contributed by atoms with Gasteiger partial charge in [-0.3, -0.25) is 9.59 Å². The van der Waals surface area contributed by atoms with Gasteiger partial charge in [-0.25, -0.2) is 9.59 Å². The number of benzene rings is 2. The standard InChI is InChI=1S/C27H30ClNO11/c1-4-22(31)36-26(37-23(32)5-2)38-25(35)27(24(33)34)39-20-10-9-16(12-21(20)40-27)11-15(3)29-14-19(30)17-7-6-8-18(28)13-17/h6-10,12-13,15,19,26,29-30H,4-5,11,14H2,1-3H3,(H,33,34). The van der Waals surface area contributed by atoms with Crippen LogP contribution < -0.4 is 14.8 Å². The van der Waals surface area contributed by atoms with Crippen LogP contribution in [0.15, 0.2) is 42.5 Å². The highest BCUT2D eigenvalue weighted by molar-refractivity contribution is 6.30. The lowest BCUT2D eigenvalue weighted by Crippen LogP contribution is -2.56. The Morgan fingerprint density at radius 1 is 0.975 bits per heavy atom. The first-order chi connectivity index (χ1) is 19.0. The number of halogens is 1. The molecular formula is C27H30ClNO11. The summed E-state index contributed by atoms with van der Waals surface area (Å²) >= 11 is 5.98. The lowest BCUT2D eigenvalue weighted by atomic mass is 10.1. The maximum Gasteiger partial charge on any atom is 0.453 e. The van der Waals surface area contributed by atoms with E-state index < -0.39 is 42.2 Å². The second-order valence-electron chi connectivity index (χ2n) is 8.87. The zero-order chi connectivity index (χ0) is 29.4. The van der Waals surface area contributed by atoms with Crippen molar-refractivity contribution in [1.82, 2.24) is 5.32 Å². The first-order valence-corrected chi connectivity index (χ1v) is 12.9. The number of hydrogen-bond donors (Lipinski definition) is 3. The second-order valence-corrected chi connectivity index (χ2v) is 9.31. The van der Waals surface area contributed by atoms with Crippen molar-refractivity contribution in [2.75, 3.05) is 6.54 Å². The molecule has 2 aromatic rings. The molecular weight excluding hydrogens is 550 g/mol. The molecule has 3 atom stereocenters. The van der Waals surface area contributed by atoms with Crippen molar-refractivity contribution < 1.29 is 53.1 Å². The van der Waals surface area contributed by atoms with Gasteiger partial charge >= 0.3 is 36.1 Å². The van der Waals surface area contributed by atoms with E-state index in [2.05, 4.69) is 5.32 Å². The predicted octanol–water partition coefficient (Wildman–Crippen LogP) is 2.88. The van der Waals surface area contributed by atoms with Crippen LogP contribution in [0.25, 0.3) is 0 Å². The van der Waals surface area contributed by atoms with Gasteiger partial charge in [0, 0.05) is 30.5 Å². The predicted molar refractivity (Wildman–Crippen MR) is 138 cm³/mol. The highest BCUT2D eigenvalue weighted by Gasteiger charge is 2.60. The number of esters is 3. The lowest BCUT2D eigenvalue weighted by Gasteiger charge is -2.23. The first-order valence-electron chi connectivity index (χ1n) is 12.5. The Balaban J connectivity index is 1.67. The molecule has 0 saturated heterocycles. The zero-order valence-electron chi connectivity index (χ0n) is 22.0. The molecule has 0 saturated carbocycles. The molecule has 1 aliphatic heterocycles. The van der Waals surface area contributed by atoms with E-state index in [1.807, 2.05) is 6.92 Å². The molecule has 216 valence electrons.